The number of rotatable bonds is 7. The number of guanidine groups is 1. The third kappa shape index (κ3) is 6.40. The molecule has 3 N–H and O–H groups in total. The predicted octanol–water partition coefficient (Wildman–Crippen LogP) is 2.85. The quantitative estimate of drug-likeness (QED) is 0.216. The fourth-order valence-electron chi connectivity index (χ4n) is 1.99. The Balaban J connectivity index is 1.72. The van der Waals surface area contributed by atoms with Crippen molar-refractivity contribution in [3.63, 3.8) is 0 Å². The second kappa shape index (κ2) is 9.16. The zero-order chi connectivity index (χ0) is 19.9. The number of nitrogens with zero attached hydrogens (tertiary/aromatic N) is 3. The van der Waals surface area contributed by atoms with Crippen LogP contribution in [0.5, 0.6) is 0 Å². The van der Waals surface area contributed by atoms with E-state index in [1.807, 2.05) is 0 Å². The topological polar surface area (TPSA) is 104 Å². The fourth-order valence-corrected chi connectivity index (χ4v) is 2.73. The molecule has 12 heteroatoms. The smallest absolute Gasteiger partial charge is 0.383 e. The maximum Gasteiger partial charge on any atom is 0.434 e. The molecular formula is C15H17F3N6O2S. The molecule has 1 aromatic heterocycles. The Morgan fingerprint density at radius 2 is 1.96 bits per heavy atom. The summed E-state index contributed by atoms with van der Waals surface area (Å²) in [4.78, 5) is 17.6. The number of nitro benzene ring substituents is 1. The highest BCUT2D eigenvalue weighted by Crippen LogP contribution is 2.29. The molecule has 0 aliphatic carbocycles. The predicted molar refractivity (Wildman–Crippen MR) is 96.9 cm³/mol. The van der Waals surface area contributed by atoms with Gasteiger partial charge < -0.3 is 16.0 Å². The lowest BCUT2D eigenvalue weighted by molar-refractivity contribution is -0.384. The van der Waals surface area contributed by atoms with E-state index in [0.717, 1.165) is 22.4 Å². The van der Waals surface area contributed by atoms with Crippen LogP contribution in [0, 0.1) is 10.1 Å². The average molecular weight is 402 g/mol. The van der Waals surface area contributed by atoms with Crippen LogP contribution in [0.15, 0.2) is 34.6 Å². The number of benzene rings is 1. The van der Waals surface area contributed by atoms with E-state index in [1.165, 1.54) is 12.1 Å². The van der Waals surface area contributed by atoms with E-state index in [9.17, 15) is 23.3 Å². The van der Waals surface area contributed by atoms with Gasteiger partial charge in [-0.15, -0.1) is 11.3 Å². The average Bonchev–Trinajstić information content (AvgIpc) is 3.11. The zero-order valence-corrected chi connectivity index (χ0v) is 15.0. The molecule has 0 saturated carbocycles. The summed E-state index contributed by atoms with van der Waals surface area (Å²) in [6.45, 7) is 1.10. The first-order valence-corrected chi connectivity index (χ1v) is 8.62. The second-order valence-electron chi connectivity index (χ2n) is 5.21. The lowest BCUT2D eigenvalue weighted by Crippen LogP contribution is -2.39. The molecule has 0 radical (unpaired) electrons. The van der Waals surface area contributed by atoms with Gasteiger partial charge >= 0.3 is 6.18 Å². The second-order valence-corrected chi connectivity index (χ2v) is 6.15. The van der Waals surface area contributed by atoms with Crippen LogP contribution in [0.25, 0.3) is 0 Å². The summed E-state index contributed by atoms with van der Waals surface area (Å²) in [6.07, 6.45) is -4.45. The summed E-state index contributed by atoms with van der Waals surface area (Å²) in [7, 11) is 1.54. The molecule has 0 amide bonds. The third-order valence-corrected chi connectivity index (χ3v) is 4.15. The molecule has 0 fully saturated rings. The van der Waals surface area contributed by atoms with Crippen LogP contribution in [-0.4, -0.2) is 36.0 Å². The first-order valence-electron chi connectivity index (χ1n) is 7.74. The molecule has 0 aliphatic heterocycles. The van der Waals surface area contributed by atoms with Gasteiger partial charge in [0.25, 0.3) is 5.69 Å². The van der Waals surface area contributed by atoms with Gasteiger partial charge in [0.15, 0.2) is 11.7 Å². The molecular weight excluding hydrogens is 385 g/mol. The number of halogens is 3. The van der Waals surface area contributed by atoms with Crippen LogP contribution >= 0.6 is 11.3 Å². The largest absolute Gasteiger partial charge is 0.434 e. The van der Waals surface area contributed by atoms with Gasteiger partial charge in [-0.25, -0.2) is 4.98 Å². The van der Waals surface area contributed by atoms with Crippen LogP contribution in [0.1, 0.15) is 10.7 Å². The van der Waals surface area contributed by atoms with Crippen LogP contribution in [-0.2, 0) is 12.7 Å². The van der Waals surface area contributed by atoms with Crippen molar-refractivity contribution in [1.82, 2.24) is 15.6 Å². The Morgan fingerprint density at radius 1 is 1.26 bits per heavy atom. The first-order chi connectivity index (χ1) is 12.8. The van der Waals surface area contributed by atoms with E-state index >= 15 is 0 Å². The number of thiazole rings is 1. The van der Waals surface area contributed by atoms with Gasteiger partial charge in [0.1, 0.15) is 5.01 Å². The summed E-state index contributed by atoms with van der Waals surface area (Å²) in [5.74, 6) is 0.421. The van der Waals surface area contributed by atoms with E-state index in [2.05, 4.69) is 25.9 Å². The van der Waals surface area contributed by atoms with Gasteiger partial charge in [-0.3, -0.25) is 15.1 Å². The van der Waals surface area contributed by atoms with Crippen molar-refractivity contribution < 1.29 is 18.1 Å². The normalized spacial score (nSPS) is 11.9. The van der Waals surface area contributed by atoms with Crippen LogP contribution < -0.4 is 16.0 Å². The summed E-state index contributed by atoms with van der Waals surface area (Å²) >= 11 is 0.921. The molecule has 27 heavy (non-hydrogen) atoms. The van der Waals surface area contributed by atoms with Crippen molar-refractivity contribution in [2.45, 2.75) is 12.7 Å². The van der Waals surface area contributed by atoms with Gasteiger partial charge in [-0.2, -0.15) is 13.2 Å². The lowest BCUT2D eigenvalue weighted by Gasteiger charge is -2.12. The van der Waals surface area contributed by atoms with Crippen LogP contribution in [0.3, 0.4) is 0 Å². The van der Waals surface area contributed by atoms with Crippen LogP contribution in [0.4, 0.5) is 24.5 Å². The maximum absolute atomic E-state index is 12.5. The molecule has 0 unspecified atom stereocenters. The standard InChI is InChI=1S/C15H17F3N6O2S/c1-19-14(22-8-13-23-12(9-27-13)15(16,17)18)21-7-6-20-10-2-4-11(5-3-10)24(25)26/h2-5,9,20H,6-8H2,1H3,(H2,19,21,22). The van der Waals surface area contributed by atoms with E-state index in [4.69, 9.17) is 0 Å². The monoisotopic (exact) mass is 402 g/mol. The van der Waals surface area contributed by atoms with Gasteiger partial charge in [-0.1, -0.05) is 0 Å². The highest BCUT2D eigenvalue weighted by molar-refractivity contribution is 7.09. The first kappa shape index (κ1) is 20.4. The van der Waals surface area contributed by atoms with Gasteiger partial charge in [0.2, 0.25) is 0 Å². The third-order valence-electron chi connectivity index (χ3n) is 3.30. The number of aromatic nitrogens is 1. The summed E-state index contributed by atoms with van der Waals surface area (Å²) in [6, 6.07) is 6.01. The minimum absolute atomic E-state index is 0.0131. The Morgan fingerprint density at radius 3 is 2.52 bits per heavy atom. The van der Waals surface area contributed by atoms with Crippen molar-refractivity contribution in [3.05, 3.63) is 50.5 Å². The summed E-state index contributed by atoms with van der Waals surface area (Å²) < 4.78 is 37.6. The molecule has 0 aliphatic rings. The number of non-ortho nitro benzene ring substituents is 1. The van der Waals surface area contributed by atoms with Gasteiger partial charge in [-0.05, 0) is 12.1 Å². The number of nitro groups is 1. The van der Waals surface area contributed by atoms with E-state index < -0.39 is 16.8 Å². The minimum atomic E-state index is -4.45. The molecule has 1 heterocycles. The van der Waals surface area contributed by atoms with Gasteiger partial charge in [0.05, 0.1) is 11.5 Å². The Bertz CT molecular complexity index is 792. The molecule has 1 aromatic carbocycles. The molecule has 8 nitrogen and oxygen atoms in total. The number of hydrogen-bond acceptors (Lipinski definition) is 6. The molecule has 146 valence electrons. The number of nitrogens with one attached hydrogen (secondary N) is 3. The zero-order valence-electron chi connectivity index (χ0n) is 14.2. The lowest BCUT2D eigenvalue weighted by atomic mass is 10.3. The summed E-state index contributed by atoms with van der Waals surface area (Å²) in [5.41, 5.74) is -0.161. The molecule has 0 atom stereocenters. The number of aliphatic imine (C=N–C) groups is 1. The Labute approximate surface area is 156 Å². The van der Waals surface area contributed by atoms with Gasteiger partial charge in [0, 0.05) is 43.3 Å². The minimum Gasteiger partial charge on any atom is -0.383 e. The molecule has 0 bridgehead atoms. The molecule has 2 rings (SSSR count). The SMILES string of the molecule is CN=C(NCCNc1ccc([N+](=O)[O-])cc1)NCc1nc(C(F)(F)F)cs1. The number of alkyl halides is 3. The van der Waals surface area contributed by atoms with Crippen LogP contribution in [0.2, 0.25) is 0 Å². The fraction of sp³-hybridized carbons (Fsp3) is 0.333. The maximum atomic E-state index is 12.5. The Kier molecular flexibility index (Phi) is 6.93. The van der Waals surface area contributed by atoms with Crippen molar-refractivity contribution in [1.29, 1.82) is 0 Å². The van der Waals surface area contributed by atoms with Crippen molar-refractivity contribution in [3.8, 4) is 0 Å². The molecule has 0 saturated heterocycles. The highest BCUT2D eigenvalue weighted by Gasteiger charge is 2.33. The van der Waals surface area contributed by atoms with Crippen molar-refractivity contribution in [2.24, 2.45) is 4.99 Å². The Hall–Kier alpha value is -2.89. The molecule has 0 spiro atoms. The number of anilines is 1. The summed E-state index contributed by atoms with van der Waals surface area (Å²) in [5, 5.41) is 20.8. The van der Waals surface area contributed by atoms with Crippen molar-refractivity contribution >= 4 is 28.7 Å². The van der Waals surface area contributed by atoms with E-state index in [1.54, 1.807) is 19.2 Å². The molecule has 2 aromatic rings. The van der Waals surface area contributed by atoms with E-state index in [0.29, 0.717) is 24.1 Å². The van der Waals surface area contributed by atoms with E-state index in [-0.39, 0.29) is 12.2 Å². The number of hydrogen-bond donors (Lipinski definition) is 3. The van der Waals surface area contributed by atoms with Crippen molar-refractivity contribution in [2.75, 3.05) is 25.5 Å². The highest BCUT2D eigenvalue weighted by atomic mass is 32.1.